The van der Waals surface area contributed by atoms with Crippen molar-refractivity contribution >= 4 is 24.2 Å². The number of benzene rings is 1. The number of hydrogen-bond donors (Lipinski definition) is 0. The Kier molecular flexibility index (Phi) is 7.08. The van der Waals surface area contributed by atoms with E-state index in [0.29, 0.717) is 0 Å². The van der Waals surface area contributed by atoms with Gasteiger partial charge in [-0.25, -0.2) is 0 Å². The summed E-state index contributed by atoms with van der Waals surface area (Å²) >= 11 is 1.97. The number of halogens is 1. The van der Waals surface area contributed by atoms with Crippen LogP contribution in [-0.4, -0.2) is 43.5 Å². The molecule has 0 aliphatic carbocycles. The largest absolute Gasteiger partial charge is 0.379 e. The molecule has 1 aliphatic heterocycles. The van der Waals surface area contributed by atoms with E-state index in [4.69, 9.17) is 4.74 Å². The first-order chi connectivity index (χ1) is 8.27. The Balaban J connectivity index is 0.00000162. The SMILES string of the molecule is Cc1cccc(SCCN2CCOCC2)c1C.Cl. The van der Waals surface area contributed by atoms with E-state index in [2.05, 4.69) is 36.9 Å². The van der Waals surface area contributed by atoms with Crippen molar-refractivity contribution in [1.82, 2.24) is 4.90 Å². The normalized spacial score (nSPS) is 16.3. The fraction of sp³-hybridized carbons (Fsp3) is 0.571. The molecule has 1 saturated heterocycles. The van der Waals surface area contributed by atoms with Crippen LogP contribution in [0.25, 0.3) is 0 Å². The van der Waals surface area contributed by atoms with Crippen molar-refractivity contribution in [3.8, 4) is 0 Å². The molecule has 0 spiro atoms. The number of nitrogens with zero attached hydrogens (tertiary/aromatic N) is 1. The molecule has 0 N–H and O–H groups in total. The molecular weight excluding hydrogens is 266 g/mol. The lowest BCUT2D eigenvalue weighted by atomic mass is 10.1. The third kappa shape index (κ3) is 4.47. The number of aryl methyl sites for hydroxylation is 1. The highest BCUT2D eigenvalue weighted by Gasteiger charge is 2.10. The summed E-state index contributed by atoms with van der Waals surface area (Å²) in [7, 11) is 0. The van der Waals surface area contributed by atoms with Crippen molar-refractivity contribution < 1.29 is 4.74 Å². The van der Waals surface area contributed by atoms with Gasteiger partial charge in [-0.3, -0.25) is 4.90 Å². The van der Waals surface area contributed by atoms with E-state index in [1.807, 2.05) is 11.8 Å². The van der Waals surface area contributed by atoms with Gasteiger partial charge in [0.05, 0.1) is 13.2 Å². The Morgan fingerprint density at radius 2 is 1.94 bits per heavy atom. The molecule has 1 aliphatic rings. The first-order valence-corrected chi connectivity index (χ1v) is 7.25. The number of thioether (sulfide) groups is 1. The highest BCUT2D eigenvalue weighted by atomic mass is 35.5. The van der Waals surface area contributed by atoms with Crippen LogP contribution in [0.4, 0.5) is 0 Å². The van der Waals surface area contributed by atoms with Gasteiger partial charge >= 0.3 is 0 Å². The molecule has 2 nitrogen and oxygen atoms in total. The number of ether oxygens (including phenoxy) is 1. The van der Waals surface area contributed by atoms with Crippen LogP contribution in [0.1, 0.15) is 11.1 Å². The van der Waals surface area contributed by atoms with Gasteiger partial charge in [0, 0.05) is 30.3 Å². The van der Waals surface area contributed by atoms with Gasteiger partial charge in [0.1, 0.15) is 0 Å². The molecule has 1 aromatic rings. The van der Waals surface area contributed by atoms with Crippen LogP contribution in [0.5, 0.6) is 0 Å². The van der Waals surface area contributed by atoms with Crippen LogP contribution in [0.3, 0.4) is 0 Å². The molecule has 1 fully saturated rings. The molecule has 1 heterocycles. The maximum Gasteiger partial charge on any atom is 0.0594 e. The Morgan fingerprint density at radius 3 is 2.67 bits per heavy atom. The fourth-order valence-electron chi connectivity index (χ4n) is 1.99. The van der Waals surface area contributed by atoms with Crippen LogP contribution < -0.4 is 0 Å². The smallest absolute Gasteiger partial charge is 0.0594 e. The molecule has 4 heteroatoms. The summed E-state index contributed by atoms with van der Waals surface area (Å²) in [6.45, 7) is 9.54. The Labute approximate surface area is 120 Å². The Bertz CT molecular complexity index is 367. The van der Waals surface area contributed by atoms with Crippen molar-refractivity contribution in [2.45, 2.75) is 18.7 Å². The minimum Gasteiger partial charge on any atom is -0.379 e. The van der Waals surface area contributed by atoms with E-state index in [9.17, 15) is 0 Å². The van der Waals surface area contributed by atoms with Crippen LogP contribution in [0.2, 0.25) is 0 Å². The molecule has 0 bridgehead atoms. The van der Waals surface area contributed by atoms with Gasteiger partial charge in [-0.05, 0) is 31.0 Å². The van der Waals surface area contributed by atoms with Gasteiger partial charge in [0.15, 0.2) is 0 Å². The maximum atomic E-state index is 5.35. The molecule has 18 heavy (non-hydrogen) atoms. The summed E-state index contributed by atoms with van der Waals surface area (Å²) in [5, 5.41) is 0. The molecule has 0 amide bonds. The van der Waals surface area contributed by atoms with Crippen molar-refractivity contribution in [2.24, 2.45) is 0 Å². The quantitative estimate of drug-likeness (QED) is 0.790. The fourth-order valence-corrected chi connectivity index (χ4v) is 3.11. The molecule has 0 saturated carbocycles. The molecule has 0 unspecified atom stereocenters. The van der Waals surface area contributed by atoms with E-state index in [0.717, 1.165) is 26.3 Å². The Morgan fingerprint density at radius 1 is 1.22 bits per heavy atom. The van der Waals surface area contributed by atoms with Crippen molar-refractivity contribution in [3.05, 3.63) is 29.3 Å². The summed E-state index contributed by atoms with van der Waals surface area (Å²) in [4.78, 5) is 3.92. The average Bonchev–Trinajstić information content (AvgIpc) is 2.36. The predicted octanol–water partition coefficient (Wildman–Crippen LogP) is 3.15. The molecule has 0 atom stereocenters. The number of hydrogen-bond acceptors (Lipinski definition) is 3. The molecule has 102 valence electrons. The van der Waals surface area contributed by atoms with Gasteiger partial charge in [-0.15, -0.1) is 24.2 Å². The van der Waals surface area contributed by atoms with Gasteiger partial charge in [-0.1, -0.05) is 12.1 Å². The average molecular weight is 288 g/mol. The standard InChI is InChI=1S/C14H21NOS.ClH/c1-12-4-3-5-14(13(12)2)17-11-8-15-6-9-16-10-7-15;/h3-5H,6-11H2,1-2H3;1H. The van der Waals surface area contributed by atoms with Gasteiger partial charge in [0.25, 0.3) is 0 Å². The minimum atomic E-state index is 0. The van der Waals surface area contributed by atoms with Crippen LogP contribution in [0.15, 0.2) is 23.1 Å². The highest BCUT2D eigenvalue weighted by molar-refractivity contribution is 7.99. The monoisotopic (exact) mass is 287 g/mol. The van der Waals surface area contributed by atoms with Crippen LogP contribution >= 0.6 is 24.2 Å². The van der Waals surface area contributed by atoms with E-state index in [1.54, 1.807) is 0 Å². The second kappa shape index (κ2) is 8.05. The number of rotatable bonds is 4. The Hall–Kier alpha value is -0.220. The lowest BCUT2D eigenvalue weighted by Crippen LogP contribution is -2.37. The van der Waals surface area contributed by atoms with E-state index >= 15 is 0 Å². The predicted molar refractivity (Wildman–Crippen MR) is 81.1 cm³/mol. The van der Waals surface area contributed by atoms with E-state index in [1.165, 1.54) is 28.3 Å². The molecular formula is C14H22ClNOS. The van der Waals surface area contributed by atoms with Crippen LogP contribution in [0, 0.1) is 13.8 Å². The highest BCUT2D eigenvalue weighted by Crippen LogP contribution is 2.24. The zero-order chi connectivity index (χ0) is 12.1. The summed E-state index contributed by atoms with van der Waals surface area (Å²) in [5.41, 5.74) is 2.82. The van der Waals surface area contributed by atoms with E-state index < -0.39 is 0 Å². The molecule has 0 aromatic heterocycles. The molecule has 2 rings (SSSR count). The molecule has 1 aromatic carbocycles. The minimum absolute atomic E-state index is 0. The second-order valence-corrected chi connectivity index (χ2v) is 5.64. The lowest BCUT2D eigenvalue weighted by Gasteiger charge is -2.26. The second-order valence-electron chi connectivity index (χ2n) is 4.50. The first-order valence-electron chi connectivity index (χ1n) is 6.26. The zero-order valence-corrected chi connectivity index (χ0v) is 12.8. The summed E-state index contributed by atoms with van der Waals surface area (Å²) < 4.78 is 5.35. The van der Waals surface area contributed by atoms with Gasteiger partial charge in [-0.2, -0.15) is 0 Å². The summed E-state index contributed by atoms with van der Waals surface area (Å²) in [6.07, 6.45) is 0. The topological polar surface area (TPSA) is 12.5 Å². The maximum absolute atomic E-state index is 5.35. The summed E-state index contributed by atoms with van der Waals surface area (Å²) in [5.74, 6) is 1.17. The van der Waals surface area contributed by atoms with Crippen molar-refractivity contribution in [1.29, 1.82) is 0 Å². The van der Waals surface area contributed by atoms with Crippen LogP contribution in [-0.2, 0) is 4.74 Å². The zero-order valence-electron chi connectivity index (χ0n) is 11.1. The van der Waals surface area contributed by atoms with Gasteiger partial charge in [0.2, 0.25) is 0 Å². The third-order valence-electron chi connectivity index (χ3n) is 3.32. The first kappa shape index (κ1) is 15.8. The summed E-state index contributed by atoms with van der Waals surface area (Å²) in [6, 6.07) is 6.56. The van der Waals surface area contributed by atoms with Crippen molar-refractivity contribution in [2.75, 3.05) is 38.6 Å². The molecule has 0 radical (unpaired) electrons. The van der Waals surface area contributed by atoms with E-state index in [-0.39, 0.29) is 12.4 Å². The number of morpholine rings is 1. The third-order valence-corrected chi connectivity index (χ3v) is 4.46. The lowest BCUT2D eigenvalue weighted by molar-refractivity contribution is 0.0410. The van der Waals surface area contributed by atoms with Crippen molar-refractivity contribution in [3.63, 3.8) is 0 Å². The van der Waals surface area contributed by atoms with Gasteiger partial charge < -0.3 is 4.74 Å².